The Kier molecular flexibility index (Phi) is 5.95. The molecule has 4 heterocycles. The van der Waals surface area contributed by atoms with Gasteiger partial charge in [-0.3, -0.25) is 9.59 Å². The monoisotopic (exact) mass is 464 g/mol. The molecular weight excluding hydrogens is 440 g/mol. The average molecular weight is 465 g/mol. The molecule has 1 saturated heterocycles. The van der Waals surface area contributed by atoms with Gasteiger partial charge >= 0.3 is 0 Å². The maximum Gasteiger partial charge on any atom is 0.293 e. The maximum absolute atomic E-state index is 13.2. The second-order valence-corrected chi connectivity index (χ2v) is 9.13. The van der Waals surface area contributed by atoms with Gasteiger partial charge in [0, 0.05) is 43.0 Å². The number of carbonyl (C=O) groups is 2. The highest BCUT2D eigenvalue weighted by molar-refractivity contribution is 7.99. The van der Waals surface area contributed by atoms with E-state index < -0.39 is 11.9 Å². The molecule has 2 aromatic heterocycles. The number of hydrogen-bond acceptors (Lipinski definition) is 8. The first-order valence-electron chi connectivity index (χ1n) is 10.9. The van der Waals surface area contributed by atoms with Crippen molar-refractivity contribution in [1.29, 1.82) is 0 Å². The van der Waals surface area contributed by atoms with E-state index in [1.165, 1.54) is 16.6 Å². The third kappa shape index (κ3) is 4.54. The third-order valence-electron chi connectivity index (χ3n) is 5.79. The van der Waals surface area contributed by atoms with E-state index in [0.717, 1.165) is 47.9 Å². The lowest BCUT2D eigenvalue weighted by Gasteiger charge is -2.23. The zero-order chi connectivity index (χ0) is 22.8. The molecule has 5 rings (SSSR count). The Bertz CT molecular complexity index is 1160. The van der Waals surface area contributed by atoms with Crippen LogP contribution in [0.5, 0.6) is 0 Å². The summed E-state index contributed by atoms with van der Waals surface area (Å²) in [6.07, 6.45) is 4.12. The van der Waals surface area contributed by atoms with Crippen molar-refractivity contribution >= 4 is 35.1 Å². The Morgan fingerprint density at radius 1 is 1.21 bits per heavy atom. The van der Waals surface area contributed by atoms with Gasteiger partial charge in [0.25, 0.3) is 11.7 Å². The van der Waals surface area contributed by atoms with E-state index in [0.29, 0.717) is 12.3 Å². The Morgan fingerprint density at radius 3 is 2.79 bits per heavy atom. The third-order valence-corrected chi connectivity index (χ3v) is 6.91. The second-order valence-electron chi connectivity index (χ2n) is 8.07. The van der Waals surface area contributed by atoms with E-state index in [9.17, 15) is 9.59 Å². The Balaban J connectivity index is 1.27. The SMILES string of the molecule is CN1C(=O)[C@@H](NC(=O)c2nnn(Cc3ccccc3)n2)CSc2cnc(N3CCCC3)cc21. The van der Waals surface area contributed by atoms with Crippen molar-refractivity contribution in [2.24, 2.45) is 0 Å². The van der Waals surface area contributed by atoms with Crippen LogP contribution in [-0.2, 0) is 11.3 Å². The van der Waals surface area contributed by atoms with Gasteiger partial charge in [-0.15, -0.1) is 22.0 Å². The van der Waals surface area contributed by atoms with Crippen LogP contribution in [0.1, 0.15) is 29.0 Å². The number of aromatic nitrogens is 5. The van der Waals surface area contributed by atoms with Crippen LogP contribution in [0.2, 0.25) is 0 Å². The number of pyridine rings is 1. The van der Waals surface area contributed by atoms with Gasteiger partial charge in [0.1, 0.15) is 11.9 Å². The molecule has 1 N–H and O–H groups in total. The lowest BCUT2D eigenvalue weighted by Crippen LogP contribution is -2.48. The first-order chi connectivity index (χ1) is 16.1. The summed E-state index contributed by atoms with van der Waals surface area (Å²) in [5, 5.41) is 14.8. The lowest BCUT2D eigenvalue weighted by molar-refractivity contribution is -0.119. The summed E-state index contributed by atoms with van der Waals surface area (Å²) in [6.45, 7) is 2.37. The average Bonchev–Trinajstić information content (AvgIpc) is 3.52. The molecule has 2 aliphatic rings. The summed E-state index contributed by atoms with van der Waals surface area (Å²) in [6, 6.07) is 10.9. The van der Waals surface area contributed by atoms with Crippen molar-refractivity contribution in [1.82, 2.24) is 30.5 Å². The molecule has 0 unspecified atom stereocenters. The first-order valence-corrected chi connectivity index (χ1v) is 11.8. The van der Waals surface area contributed by atoms with Crippen LogP contribution >= 0.6 is 11.8 Å². The minimum absolute atomic E-state index is 0.0638. The Labute approximate surface area is 195 Å². The van der Waals surface area contributed by atoms with Crippen molar-refractivity contribution in [3.05, 3.63) is 54.0 Å². The normalized spacial score (nSPS) is 18.2. The predicted molar refractivity (Wildman–Crippen MR) is 124 cm³/mol. The number of carbonyl (C=O) groups excluding carboxylic acids is 2. The number of amides is 2. The quantitative estimate of drug-likeness (QED) is 0.606. The summed E-state index contributed by atoms with van der Waals surface area (Å²) in [7, 11) is 1.73. The van der Waals surface area contributed by atoms with E-state index in [1.807, 2.05) is 42.6 Å². The van der Waals surface area contributed by atoms with Crippen molar-refractivity contribution < 1.29 is 9.59 Å². The smallest absolute Gasteiger partial charge is 0.293 e. The van der Waals surface area contributed by atoms with Gasteiger partial charge in [-0.1, -0.05) is 30.3 Å². The van der Waals surface area contributed by atoms with Crippen molar-refractivity contribution in [2.75, 3.05) is 35.7 Å². The van der Waals surface area contributed by atoms with Gasteiger partial charge in [-0.25, -0.2) is 4.98 Å². The largest absolute Gasteiger partial charge is 0.357 e. The first kappa shape index (κ1) is 21.4. The fourth-order valence-corrected chi connectivity index (χ4v) is 5.03. The minimum Gasteiger partial charge on any atom is -0.357 e. The molecule has 33 heavy (non-hydrogen) atoms. The number of nitrogens with zero attached hydrogens (tertiary/aromatic N) is 7. The zero-order valence-corrected chi connectivity index (χ0v) is 19.0. The number of rotatable bonds is 5. The minimum atomic E-state index is -0.712. The van der Waals surface area contributed by atoms with Gasteiger partial charge in [-0.2, -0.15) is 4.80 Å². The fraction of sp³-hybridized carbons (Fsp3) is 0.364. The van der Waals surface area contributed by atoms with Crippen molar-refractivity contribution in [3.63, 3.8) is 0 Å². The van der Waals surface area contributed by atoms with Crippen molar-refractivity contribution in [3.8, 4) is 0 Å². The molecule has 0 saturated carbocycles. The fourth-order valence-electron chi connectivity index (χ4n) is 3.98. The number of nitrogens with one attached hydrogen (secondary N) is 1. The van der Waals surface area contributed by atoms with Crippen molar-refractivity contribution in [2.45, 2.75) is 30.3 Å². The molecule has 0 bridgehead atoms. The number of anilines is 2. The van der Waals surface area contributed by atoms with E-state index in [1.54, 1.807) is 11.9 Å². The summed E-state index contributed by atoms with van der Waals surface area (Å²) >= 11 is 1.50. The number of benzene rings is 1. The number of thioether (sulfide) groups is 1. The van der Waals surface area contributed by atoms with Gasteiger partial charge < -0.3 is 15.1 Å². The molecule has 1 aromatic carbocycles. The van der Waals surface area contributed by atoms with E-state index in [-0.39, 0.29) is 11.7 Å². The highest BCUT2D eigenvalue weighted by atomic mass is 32.2. The Morgan fingerprint density at radius 2 is 2.00 bits per heavy atom. The van der Waals surface area contributed by atoms with Crippen LogP contribution in [0.3, 0.4) is 0 Å². The number of likely N-dealkylation sites (N-methyl/N-ethyl adjacent to an activating group) is 1. The van der Waals surface area contributed by atoms with Crippen LogP contribution in [0.15, 0.2) is 47.5 Å². The van der Waals surface area contributed by atoms with Crippen LogP contribution in [-0.4, -0.2) is 68.9 Å². The summed E-state index contributed by atoms with van der Waals surface area (Å²) < 4.78 is 0. The second kappa shape index (κ2) is 9.18. The lowest BCUT2D eigenvalue weighted by atomic mass is 10.2. The summed E-state index contributed by atoms with van der Waals surface area (Å²) in [5.41, 5.74) is 1.81. The molecule has 170 valence electrons. The molecule has 11 heteroatoms. The van der Waals surface area contributed by atoms with Gasteiger partial charge in [0.15, 0.2) is 0 Å². The molecule has 2 amide bonds. The van der Waals surface area contributed by atoms with Crippen LogP contribution < -0.4 is 15.1 Å². The predicted octanol–water partition coefficient (Wildman–Crippen LogP) is 1.58. The van der Waals surface area contributed by atoms with Gasteiger partial charge in [-0.05, 0) is 23.6 Å². The van der Waals surface area contributed by atoms with Crippen LogP contribution in [0.4, 0.5) is 11.5 Å². The molecule has 0 spiro atoms. The van der Waals surface area contributed by atoms with E-state index in [2.05, 4.69) is 30.6 Å². The molecule has 1 fully saturated rings. The molecule has 2 aliphatic heterocycles. The van der Waals surface area contributed by atoms with Crippen LogP contribution in [0, 0.1) is 0 Å². The number of tetrazole rings is 1. The highest BCUT2D eigenvalue weighted by Crippen LogP contribution is 2.36. The molecule has 1 atom stereocenters. The number of hydrogen-bond donors (Lipinski definition) is 1. The summed E-state index contributed by atoms with van der Waals surface area (Å²) in [5.74, 6) is 0.498. The van der Waals surface area contributed by atoms with E-state index >= 15 is 0 Å². The van der Waals surface area contributed by atoms with Gasteiger partial charge in [0.05, 0.1) is 12.2 Å². The Hall–Kier alpha value is -3.47. The highest BCUT2D eigenvalue weighted by Gasteiger charge is 2.32. The number of fused-ring (bicyclic) bond motifs is 1. The topological polar surface area (TPSA) is 109 Å². The van der Waals surface area contributed by atoms with E-state index in [4.69, 9.17) is 0 Å². The maximum atomic E-state index is 13.2. The molecular formula is C22H24N8O2S. The molecule has 0 radical (unpaired) electrons. The molecule has 10 nitrogen and oxygen atoms in total. The molecule has 0 aliphatic carbocycles. The zero-order valence-electron chi connectivity index (χ0n) is 18.2. The van der Waals surface area contributed by atoms with Gasteiger partial charge in [0.2, 0.25) is 5.91 Å². The standard InChI is InChI=1S/C22H24N8O2S/c1-28-17-11-19(29-9-5-6-10-29)23-12-18(17)33-14-16(22(28)32)24-21(31)20-25-27-30(26-20)13-15-7-3-2-4-8-15/h2-4,7-8,11-12,16H,5-6,9-10,13-14H2,1H3,(H,24,31)/t16-/m0/s1. The summed E-state index contributed by atoms with van der Waals surface area (Å²) in [4.78, 5) is 36.6. The van der Waals surface area contributed by atoms with Crippen LogP contribution in [0.25, 0.3) is 0 Å². The molecule has 3 aromatic rings.